The van der Waals surface area contributed by atoms with Crippen molar-refractivity contribution in [3.8, 4) is 0 Å². The molecular weight excluding hydrogens is 436 g/mol. The molecule has 0 spiro atoms. The molecule has 0 aliphatic rings. The Labute approximate surface area is 113 Å². The van der Waals surface area contributed by atoms with Crippen LogP contribution < -0.4 is 0 Å². The van der Waals surface area contributed by atoms with Crippen molar-refractivity contribution in [2.24, 2.45) is 0 Å². The third-order valence-corrected chi connectivity index (χ3v) is 0. The first-order chi connectivity index (χ1) is 0. The Bertz CT molecular complexity index is 12.0. The van der Waals surface area contributed by atoms with E-state index in [9.17, 15) is 0 Å². The molecule has 0 saturated heterocycles. The molecule has 0 fully saturated rings. The number of hydrogen-bond acceptors (Lipinski definition) is 0. The molecule has 0 atom stereocenters. The second-order valence-electron chi connectivity index (χ2n) is 0. The van der Waals surface area contributed by atoms with Crippen molar-refractivity contribution >= 4 is 106 Å². The number of rotatable bonds is 0. The topological polar surface area (TPSA) is 0 Å². The third kappa shape index (κ3) is 26.8. The summed E-state index contributed by atoms with van der Waals surface area (Å²) >= 11 is 0. The molecule has 0 aromatic rings. The summed E-state index contributed by atoms with van der Waals surface area (Å²) in [6.07, 6.45) is 0. The van der Waals surface area contributed by atoms with Crippen LogP contribution in [0.25, 0.3) is 0 Å². The van der Waals surface area contributed by atoms with Crippen LogP contribution in [0.5, 0.6) is 0 Å². The minimum atomic E-state index is 0. The Morgan fingerprint density at radius 2 is 0.333 bits per heavy atom. The summed E-state index contributed by atoms with van der Waals surface area (Å²) in [6.45, 7) is 0. The molecule has 6 heavy (non-hydrogen) atoms. The van der Waals surface area contributed by atoms with Gasteiger partial charge in [-0.2, -0.15) is 0 Å². The van der Waals surface area contributed by atoms with Gasteiger partial charge in [-0.1, -0.05) is 0 Å². The van der Waals surface area contributed by atoms with Crippen LogP contribution in [-0.2, 0) is 0 Å². The second kappa shape index (κ2) is 41.0. The normalized spacial score (nSPS) is 0. The van der Waals surface area contributed by atoms with E-state index in [2.05, 4.69) is 0 Å². The van der Waals surface area contributed by atoms with Gasteiger partial charge in [0.1, 0.15) is 0 Å². The molecular formula is H24Ge6. The maximum absolute atomic E-state index is 0. The van der Waals surface area contributed by atoms with Gasteiger partial charge in [0.25, 0.3) is 0 Å². The van der Waals surface area contributed by atoms with Crippen molar-refractivity contribution in [1.29, 1.82) is 0 Å². The first-order valence-corrected chi connectivity index (χ1v) is 0. The van der Waals surface area contributed by atoms with E-state index < -0.39 is 0 Å². The van der Waals surface area contributed by atoms with E-state index in [1.54, 1.807) is 0 Å². The van der Waals surface area contributed by atoms with Gasteiger partial charge in [0.05, 0.1) is 0 Å². The van der Waals surface area contributed by atoms with Crippen molar-refractivity contribution in [3.05, 3.63) is 0 Å². The summed E-state index contributed by atoms with van der Waals surface area (Å²) < 4.78 is 0. The largest absolute Gasteiger partial charge is 1.00 e. The van der Waals surface area contributed by atoms with Gasteiger partial charge >= 0.3 is 106 Å². The maximum Gasteiger partial charge on any atom is -1.00 e. The van der Waals surface area contributed by atoms with Gasteiger partial charge < -0.3 is 8.56 Å². The average molecular weight is 460 g/mol. The van der Waals surface area contributed by atoms with E-state index in [0.29, 0.717) is 0 Å². The molecule has 0 aromatic heterocycles. The number of hydrogen-bond donors (Lipinski definition) is 0. The first-order valence-electron chi connectivity index (χ1n) is 0. The van der Waals surface area contributed by atoms with Gasteiger partial charge in [0.2, 0.25) is 0 Å². The quantitative estimate of drug-likeness (QED) is 0.316. The van der Waals surface area contributed by atoms with Crippen LogP contribution in [0, 0.1) is 0 Å². The van der Waals surface area contributed by atoms with Gasteiger partial charge in [-0.15, -0.1) is 0 Å². The minimum absolute atomic E-state index is 0. The predicted octanol–water partition coefficient (Wildman–Crippen LogP) is -6.43. The zero-order valence-electron chi connectivity index (χ0n) is 12.0. The summed E-state index contributed by atoms with van der Waals surface area (Å²) in [5.74, 6) is 0. The molecule has 0 saturated carbocycles. The molecule has 0 aliphatic heterocycles. The molecule has 0 unspecified atom stereocenters. The smallest absolute Gasteiger partial charge is 1.00 e. The van der Waals surface area contributed by atoms with E-state index in [-0.39, 0.29) is 114 Å². The van der Waals surface area contributed by atoms with Crippen LogP contribution in [-0.4, -0.2) is 106 Å². The van der Waals surface area contributed by atoms with E-state index in [1.807, 2.05) is 0 Å². The average Bonchev–Trinajstić information content (AvgIpc) is 0. The molecule has 0 aromatic carbocycles. The van der Waals surface area contributed by atoms with Crippen LogP contribution in [0.15, 0.2) is 0 Å². The molecule has 0 aliphatic carbocycles. The Morgan fingerprint density at radius 3 is 0.333 bits per heavy atom. The van der Waals surface area contributed by atoms with E-state index in [0.717, 1.165) is 0 Å². The van der Waals surface area contributed by atoms with Crippen molar-refractivity contribution < 1.29 is 8.56 Å². The predicted molar refractivity (Wildman–Crippen MR) is 66.3 cm³/mol. The van der Waals surface area contributed by atoms with E-state index >= 15 is 0 Å². The Morgan fingerprint density at radius 1 is 0.333 bits per heavy atom. The van der Waals surface area contributed by atoms with Gasteiger partial charge in [0.15, 0.2) is 0 Å². The molecule has 6 heteroatoms. The maximum atomic E-state index is 0. The standard InChI is InChI=1S/6GeH3.6H/h6*1H3;;;;;;/q6*+1;6*-1. The van der Waals surface area contributed by atoms with Crippen LogP contribution >= 0.6 is 0 Å². The fourth-order valence-electron chi connectivity index (χ4n) is 0. The third-order valence-electron chi connectivity index (χ3n) is 0. The molecule has 0 N–H and O–H groups in total. The van der Waals surface area contributed by atoms with Crippen molar-refractivity contribution in [2.45, 2.75) is 0 Å². The van der Waals surface area contributed by atoms with Crippen LogP contribution in [0.2, 0.25) is 0 Å². The monoisotopic (exact) mass is 468 g/mol. The summed E-state index contributed by atoms with van der Waals surface area (Å²) in [7, 11) is 0. The fraction of sp³-hybridized carbons (Fsp3) is 0. The summed E-state index contributed by atoms with van der Waals surface area (Å²) in [6, 6.07) is 0. The van der Waals surface area contributed by atoms with Gasteiger partial charge in [-0.25, -0.2) is 0 Å². The first kappa shape index (κ1) is 59.5. The van der Waals surface area contributed by atoms with Crippen LogP contribution in [0.1, 0.15) is 8.56 Å². The minimum Gasteiger partial charge on any atom is -1.00 e. The van der Waals surface area contributed by atoms with Crippen molar-refractivity contribution in [1.82, 2.24) is 0 Å². The molecule has 0 radical (unpaired) electrons. The molecule has 0 nitrogen and oxygen atoms in total. The van der Waals surface area contributed by atoms with Gasteiger partial charge in [0, 0.05) is 0 Å². The summed E-state index contributed by atoms with van der Waals surface area (Å²) in [5, 5.41) is 0. The van der Waals surface area contributed by atoms with Crippen LogP contribution in [0.3, 0.4) is 0 Å². The van der Waals surface area contributed by atoms with Crippen molar-refractivity contribution in [3.63, 3.8) is 0 Å². The Kier molecular flexibility index (Phi) is 406. The molecule has 0 bridgehead atoms. The van der Waals surface area contributed by atoms with E-state index in [4.69, 9.17) is 0 Å². The second-order valence-corrected chi connectivity index (χ2v) is 0. The zero-order chi connectivity index (χ0) is 0. The zero-order valence-corrected chi connectivity index (χ0v) is 31.2. The van der Waals surface area contributed by atoms with Gasteiger partial charge in [-0.05, 0) is 0 Å². The SMILES string of the molecule is [GeH3+].[GeH3+].[GeH3+].[GeH3+].[GeH3+].[GeH3+].[H-].[H-].[H-].[H-].[H-].[H-]. The van der Waals surface area contributed by atoms with E-state index in [1.165, 1.54) is 0 Å². The molecule has 48 valence electrons. The van der Waals surface area contributed by atoms with Gasteiger partial charge in [-0.3, -0.25) is 0 Å². The Balaban J connectivity index is 0. The molecule has 0 heterocycles. The molecule has 0 amide bonds. The van der Waals surface area contributed by atoms with Crippen LogP contribution in [0.4, 0.5) is 0 Å². The molecule has 0 rings (SSSR count). The fourth-order valence-corrected chi connectivity index (χ4v) is 0. The summed E-state index contributed by atoms with van der Waals surface area (Å²) in [5.41, 5.74) is 0. The summed E-state index contributed by atoms with van der Waals surface area (Å²) in [4.78, 5) is 0. The Hall–Kier alpha value is 3.26. The van der Waals surface area contributed by atoms with Crippen molar-refractivity contribution in [2.75, 3.05) is 0 Å².